The van der Waals surface area contributed by atoms with Gasteiger partial charge in [0.2, 0.25) is 5.43 Å². The molecule has 0 bridgehead atoms. The lowest BCUT2D eigenvalue weighted by Crippen LogP contribution is -2.51. The van der Waals surface area contributed by atoms with Crippen LogP contribution in [-0.4, -0.2) is 56.5 Å². The van der Waals surface area contributed by atoms with E-state index in [1.165, 1.54) is 12.3 Å². The third-order valence-electron chi connectivity index (χ3n) is 5.85. The van der Waals surface area contributed by atoms with Gasteiger partial charge in [-0.15, -0.1) is 10.2 Å². The topological polar surface area (TPSA) is 97.5 Å². The Hall–Kier alpha value is -3.18. The second kappa shape index (κ2) is 7.75. The fourth-order valence-corrected chi connectivity index (χ4v) is 5.14. The average Bonchev–Trinajstić information content (AvgIpc) is 3.42. The number of nitrogens with zero attached hydrogens (tertiary/aromatic N) is 4. The Morgan fingerprint density at radius 2 is 2.00 bits per heavy atom. The van der Waals surface area contributed by atoms with E-state index in [1.54, 1.807) is 9.47 Å². The van der Waals surface area contributed by atoms with E-state index in [4.69, 9.17) is 4.74 Å². The van der Waals surface area contributed by atoms with E-state index in [2.05, 4.69) is 10.2 Å². The van der Waals surface area contributed by atoms with E-state index in [1.807, 2.05) is 6.92 Å². The summed E-state index contributed by atoms with van der Waals surface area (Å²) in [5, 5.41) is 19.4. The number of carbonyl (C=O) groups is 1. The third kappa shape index (κ3) is 3.19. The quantitative estimate of drug-likeness (QED) is 0.642. The molecule has 1 aromatic carbocycles. The van der Waals surface area contributed by atoms with Gasteiger partial charge in [0, 0.05) is 25.2 Å². The molecule has 1 N–H and O–H groups in total. The second-order valence-electron chi connectivity index (χ2n) is 7.65. The van der Waals surface area contributed by atoms with Crippen LogP contribution >= 0.6 is 11.3 Å². The molecule has 2 atom stereocenters. The molecule has 1 amide bonds. The molecule has 5 rings (SSSR count). The van der Waals surface area contributed by atoms with Gasteiger partial charge in [-0.05, 0) is 18.6 Å². The molecule has 0 unspecified atom stereocenters. The van der Waals surface area contributed by atoms with Crippen molar-refractivity contribution >= 4 is 17.2 Å². The maximum Gasteiger partial charge on any atom is 0.274 e. The molecule has 3 aromatic rings. The number of likely N-dealkylation sites (N-methyl/N-ethyl adjacent to an activating group) is 1. The van der Waals surface area contributed by atoms with Gasteiger partial charge in [0.25, 0.3) is 5.91 Å². The van der Waals surface area contributed by atoms with E-state index >= 15 is 0 Å². The van der Waals surface area contributed by atoms with E-state index in [0.717, 1.165) is 23.5 Å². The Kier molecular flexibility index (Phi) is 5.01. The Morgan fingerprint density at radius 3 is 2.75 bits per heavy atom. The predicted octanol–water partition coefficient (Wildman–Crippen LogP) is 2.36. The molecule has 0 aliphatic carbocycles. The van der Waals surface area contributed by atoms with Crippen molar-refractivity contribution in [3.8, 4) is 16.3 Å². The molecule has 0 radical (unpaired) electrons. The van der Waals surface area contributed by atoms with Crippen LogP contribution in [0.25, 0.3) is 10.6 Å². The predicted molar refractivity (Wildman–Crippen MR) is 111 cm³/mol. The van der Waals surface area contributed by atoms with E-state index in [0.29, 0.717) is 24.8 Å². The molecule has 2 aromatic heterocycles. The number of aromatic hydroxyl groups is 1. The summed E-state index contributed by atoms with van der Waals surface area (Å²) < 4.78 is 34.3. The Balaban J connectivity index is 1.55. The zero-order chi connectivity index (χ0) is 22.6. The van der Waals surface area contributed by atoms with Crippen LogP contribution in [-0.2, 0) is 11.2 Å². The first-order valence-corrected chi connectivity index (χ1v) is 10.8. The highest BCUT2D eigenvalue weighted by Gasteiger charge is 2.44. The number of amides is 1. The minimum Gasteiger partial charge on any atom is -0.503 e. The van der Waals surface area contributed by atoms with Crippen molar-refractivity contribution in [1.29, 1.82) is 0 Å². The number of ether oxygens (including phenoxy) is 1. The fourth-order valence-electron chi connectivity index (χ4n) is 4.27. The van der Waals surface area contributed by atoms with Gasteiger partial charge in [0.05, 0.1) is 30.9 Å². The number of pyridine rings is 1. The molecule has 0 saturated carbocycles. The summed E-state index contributed by atoms with van der Waals surface area (Å²) in [6.45, 7) is 2.98. The van der Waals surface area contributed by atoms with Crippen molar-refractivity contribution in [2.45, 2.75) is 25.4 Å². The number of rotatable bonds is 4. The summed E-state index contributed by atoms with van der Waals surface area (Å²) in [6, 6.07) is 2.85. The van der Waals surface area contributed by atoms with Crippen molar-refractivity contribution in [3.63, 3.8) is 0 Å². The van der Waals surface area contributed by atoms with Crippen molar-refractivity contribution in [3.05, 3.63) is 62.5 Å². The number of aromatic nitrogens is 3. The lowest BCUT2D eigenvalue weighted by Gasteiger charge is -2.38. The summed E-state index contributed by atoms with van der Waals surface area (Å²) in [6.07, 6.45) is 1.59. The van der Waals surface area contributed by atoms with Crippen LogP contribution in [0.5, 0.6) is 5.75 Å². The van der Waals surface area contributed by atoms with Gasteiger partial charge in [0.15, 0.2) is 16.5 Å². The van der Waals surface area contributed by atoms with Crippen molar-refractivity contribution in [1.82, 2.24) is 19.7 Å². The van der Waals surface area contributed by atoms with Gasteiger partial charge in [-0.3, -0.25) is 9.59 Å². The normalized spacial score (nSPS) is 19.8. The van der Waals surface area contributed by atoms with Gasteiger partial charge in [0.1, 0.15) is 16.6 Å². The highest BCUT2D eigenvalue weighted by atomic mass is 32.1. The lowest BCUT2D eigenvalue weighted by atomic mass is 10.0. The van der Waals surface area contributed by atoms with Crippen LogP contribution in [0.2, 0.25) is 0 Å². The Labute approximate surface area is 184 Å². The van der Waals surface area contributed by atoms with Gasteiger partial charge < -0.3 is 19.3 Å². The molecule has 32 heavy (non-hydrogen) atoms. The minimum atomic E-state index is -0.728. The molecule has 2 aliphatic rings. The highest BCUT2D eigenvalue weighted by Crippen LogP contribution is 2.36. The van der Waals surface area contributed by atoms with Crippen molar-refractivity contribution < 1.29 is 23.4 Å². The molecule has 4 heterocycles. The molecule has 0 spiro atoms. The Bertz CT molecular complexity index is 1290. The van der Waals surface area contributed by atoms with Gasteiger partial charge in [-0.25, -0.2) is 8.78 Å². The Morgan fingerprint density at radius 1 is 1.22 bits per heavy atom. The standard InChI is InChI=1S/C21H18F2N4O4S/c1-2-26-14-8-31-9-15(14)27-7-12(18(28)19(29)17(27)21(26)30)20-25-24-16(32-20)5-10-3-4-11(22)6-13(10)23/h3-4,6-7,14-15,29H,2,5,8-9H2,1H3/t14-,15+/m0/s1. The number of hydrogen-bond donors (Lipinski definition) is 1. The van der Waals surface area contributed by atoms with Gasteiger partial charge >= 0.3 is 0 Å². The average molecular weight is 460 g/mol. The molecule has 1 fully saturated rings. The van der Waals surface area contributed by atoms with Crippen molar-refractivity contribution in [2.75, 3.05) is 19.8 Å². The first-order chi connectivity index (χ1) is 15.4. The number of benzene rings is 1. The first kappa shape index (κ1) is 20.7. The van der Waals surface area contributed by atoms with Crippen LogP contribution in [0.3, 0.4) is 0 Å². The molecule has 2 aliphatic heterocycles. The van der Waals surface area contributed by atoms with Crippen LogP contribution < -0.4 is 5.43 Å². The van der Waals surface area contributed by atoms with E-state index < -0.39 is 28.7 Å². The van der Waals surface area contributed by atoms with Crippen LogP contribution in [0, 0.1) is 11.6 Å². The molecular formula is C21H18F2N4O4S. The molecule has 8 nitrogen and oxygen atoms in total. The van der Waals surface area contributed by atoms with Crippen molar-refractivity contribution in [2.24, 2.45) is 0 Å². The van der Waals surface area contributed by atoms with Crippen LogP contribution in [0.15, 0.2) is 29.2 Å². The molecular weight excluding hydrogens is 442 g/mol. The maximum atomic E-state index is 14.0. The summed E-state index contributed by atoms with van der Waals surface area (Å²) in [5.74, 6) is -2.44. The number of carbonyl (C=O) groups excluding carboxylic acids is 1. The number of halogens is 2. The third-order valence-corrected chi connectivity index (χ3v) is 6.80. The zero-order valence-electron chi connectivity index (χ0n) is 16.9. The summed E-state index contributed by atoms with van der Waals surface area (Å²) in [5.41, 5.74) is -0.451. The van der Waals surface area contributed by atoms with Crippen LogP contribution in [0.1, 0.15) is 34.0 Å². The van der Waals surface area contributed by atoms with E-state index in [-0.39, 0.29) is 40.3 Å². The molecule has 1 saturated heterocycles. The number of hydrogen-bond acceptors (Lipinski definition) is 7. The van der Waals surface area contributed by atoms with Crippen LogP contribution in [0.4, 0.5) is 8.78 Å². The molecule has 166 valence electrons. The van der Waals surface area contributed by atoms with E-state index in [9.17, 15) is 23.5 Å². The first-order valence-electron chi connectivity index (χ1n) is 10.0. The summed E-state index contributed by atoms with van der Waals surface area (Å²) in [4.78, 5) is 27.4. The smallest absolute Gasteiger partial charge is 0.274 e. The fraction of sp³-hybridized carbons (Fsp3) is 0.333. The SMILES string of the molecule is CCN1C(=O)c2c(O)c(=O)c(-c3nnc(Cc4ccc(F)cc4F)s3)cn2[C@@H]2COC[C@@H]21. The number of fused-ring (bicyclic) bond motifs is 3. The largest absolute Gasteiger partial charge is 0.503 e. The highest BCUT2D eigenvalue weighted by molar-refractivity contribution is 7.14. The van der Waals surface area contributed by atoms with Gasteiger partial charge in [-0.1, -0.05) is 17.4 Å². The monoisotopic (exact) mass is 460 g/mol. The summed E-state index contributed by atoms with van der Waals surface area (Å²) >= 11 is 1.06. The summed E-state index contributed by atoms with van der Waals surface area (Å²) in [7, 11) is 0. The van der Waals surface area contributed by atoms with Gasteiger partial charge in [-0.2, -0.15) is 0 Å². The minimum absolute atomic E-state index is 0.0644. The molecule has 11 heteroatoms. The lowest BCUT2D eigenvalue weighted by molar-refractivity contribution is 0.0571. The second-order valence-corrected chi connectivity index (χ2v) is 8.72. The zero-order valence-corrected chi connectivity index (χ0v) is 17.7. The maximum absolute atomic E-state index is 14.0.